The molecule has 9 heteroatoms. The molecule has 22 heavy (non-hydrogen) atoms. The Morgan fingerprint density at radius 2 is 1.09 bits per heavy atom. The Kier molecular flexibility index (Phi) is 3.26. The molecule has 0 aliphatic rings. The average Bonchev–Trinajstić information content (AvgIpc) is 2.46. The van der Waals surface area contributed by atoms with Crippen molar-refractivity contribution < 1.29 is 45.6 Å². The molecule has 2 rings (SSSR count). The van der Waals surface area contributed by atoms with E-state index in [4.69, 9.17) is 0 Å². The van der Waals surface area contributed by atoms with Crippen molar-refractivity contribution in [2.45, 2.75) is 0 Å². The molecule has 0 radical (unpaired) electrons. The van der Waals surface area contributed by atoms with Crippen molar-refractivity contribution in [1.82, 2.24) is 0 Å². The van der Waals surface area contributed by atoms with Crippen molar-refractivity contribution in [3.63, 3.8) is 0 Å². The molecule has 0 aliphatic carbocycles. The third-order valence-corrected chi connectivity index (χ3v) is 2.92. The maximum atomic E-state index is 12.2. The minimum atomic E-state index is -1.34. The zero-order chi connectivity index (χ0) is 16.8. The standard InChI is InChI=1S/C13H10O9/c14-3-1-4(7(16)5(15)2-3)8(17)6-9(18)11(20)13(22)12(21)10(6)19/h1-2,14-16,18-22H. The van der Waals surface area contributed by atoms with Crippen LogP contribution in [0.15, 0.2) is 12.1 Å². The molecule has 9 nitrogen and oxygen atoms in total. The van der Waals surface area contributed by atoms with Crippen molar-refractivity contribution in [2.24, 2.45) is 0 Å². The van der Waals surface area contributed by atoms with Crippen LogP contribution >= 0.6 is 0 Å². The lowest BCUT2D eigenvalue weighted by Crippen LogP contribution is -2.03. The lowest BCUT2D eigenvalue weighted by Gasteiger charge is -2.12. The van der Waals surface area contributed by atoms with Crippen LogP contribution < -0.4 is 0 Å². The third kappa shape index (κ3) is 2.00. The van der Waals surface area contributed by atoms with E-state index in [-0.39, 0.29) is 0 Å². The van der Waals surface area contributed by atoms with E-state index in [0.29, 0.717) is 0 Å². The molecule has 0 spiro atoms. The predicted octanol–water partition coefficient (Wildman–Crippen LogP) is 0.562. The lowest BCUT2D eigenvalue weighted by atomic mass is 9.98. The van der Waals surface area contributed by atoms with Gasteiger partial charge in [-0.05, 0) is 6.07 Å². The number of carbonyl (C=O) groups excluding carboxylic acids is 1. The first-order chi connectivity index (χ1) is 10.2. The van der Waals surface area contributed by atoms with Gasteiger partial charge < -0.3 is 40.9 Å². The lowest BCUT2D eigenvalue weighted by molar-refractivity contribution is 0.102. The van der Waals surface area contributed by atoms with Crippen LogP contribution in [0.3, 0.4) is 0 Å². The van der Waals surface area contributed by atoms with Gasteiger partial charge in [0.25, 0.3) is 0 Å². The van der Waals surface area contributed by atoms with Crippen LogP contribution in [0.2, 0.25) is 0 Å². The molecule has 0 unspecified atom stereocenters. The third-order valence-electron chi connectivity index (χ3n) is 2.92. The Bertz CT molecular complexity index is 766. The summed E-state index contributed by atoms with van der Waals surface area (Å²) in [5.41, 5.74) is -1.78. The fourth-order valence-corrected chi connectivity index (χ4v) is 1.81. The van der Waals surface area contributed by atoms with E-state index in [1.807, 2.05) is 0 Å². The predicted molar refractivity (Wildman–Crippen MR) is 69.6 cm³/mol. The Balaban J connectivity index is 2.76. The first-order valence-electron chi connectivity index (χ1n) is 5.65. The monoisotopic (exact) mass is 310 g/mol. The highest BCUT2D eigenvalue weighted by Crippen LogP contribution is 2.51. The second-order valence-corrected chi connectivity index (χ2v) is 4.31. The number of rotatable bonds is 2. The first kappa shape index (κ1) is 14.9. The van der Waals surface area contributed by atoms with E-state index >= 15 is 0 Å². The number of phenolic OH excluding ortho intramolecular Hbond substituents is 8. The van der Waals surface area contributed by atoms with Crippen molar-refractivity contribution in [3.8, 4) is 46.0 Å². The molecule has 116 valence electrons. The minimum Gasteiger partial charge on any atom is -0.508 e. The fourth-order valence-electron chi connectivity index (χ4n) is 1.81. The molecule has 0 bridgehead atoms. The zero-order valence-electron chi connectivity index (χ0n) is 10.6. The van der Waals surface area contributed by atoms with Crippen LogP contribution in [-0.4, -0.2) is 46.6 Å². The molecule has 2 aromatic rings. The van der Waals surface area contributed by atoms with E-state index in [1.54, 1.807) is 0 Å². The molecule has 0 heterocycles. The van der Waals surface area contributed by atoms with Gasteiger partial charge in [-0.2, -0.15) is 0 Å². The number of carbonyl (C=O) groups is 1. The van der Waals surface area contributed by atoms with E-state index < -0.39 is 62.9 Å². The van der Waals surface area contributed by atoms with Crippen LogP contribution in [0.25, 0.3) is 0 Å². The molecule has 0 saturated carbocycles. The van der Waals surface area contributed by atoms with Crippen LogP contribution in [-0.2, 0) is 0 Å². The quantitative estimate of drug-likeness (QED) is 0.223. The fraction of sp³-hybridized carbons (Fsp3) is 0. The summed E-state index contributed by atoms with van der Waals surface area (Å²) in [6.07, 6.45) is 0. The van der Waals surface area contributed by atoms with E-state index in [2.05, 4.69) is 0 Å². The highest BCUT2D eigenvalue weighted by molar-refractivity contribution is 6.15. The van der Waals surface area contributed by atoms with Crippen molar-refractivity contribution in [1.29, 1.82) is 0 Å². The molecule has 8 N–H and O–H groups in total. The molecular formula is C13H10O9. The molecule has 0 aliphatic heterocycles. The van der Waals surface area contributed by atoms with Crippen LogP contribution in [0, 0.1) is 0 Å². The summed E-state index contributed by atoms with van der Waals surface area (Å²) in [5.74, 6) is -10.1. The highest BCUT2D eigenvalue weighted by Gasteiger charge is 2.30. The van der Waals surface area contributed by atoms with Crippen molar-refractivity contribution >= 4 is 5.78 Å². The Labute approximate surface area is 121 Å². The van der Waals surface area contributed by atoms with Gasteiger partial charge in [-0.25, -0.2) is 0 Å². The molecule has 0 fully saturated rings. The largest absolute Gasteiger partial charge is 0.508 e. The summed E-state index contributed by atoms with van der Waals surface area (Å²) >= 11 is 0. The molecule has 0 amide bonds. The van der Waals surface area contributed by atoms with Gasteiger partial charge in [0.15, 0.2) is 23.0 Å². The molecule has 0 saturated heterocycles. The number of phenols is 8. The summed E-state index contributed by atoms with van der Waals surface area (Å²) in [5, 5.41) is 75.5. The summed E-state index contributed by atoms with van der Waals surface area (Å²) < 4.78 is 0. The van der Waals surface area contributed by atoms with Gasteiger partial charge in [0.05, 0.1) is 5.56 Å². The Morgan fingerprint density at radius 3 is 1.59 bits per heavy atom. The Hall–Kier alpha value is -3.49. The number of benzene rings is 2. The average molecular weight is 310 g/mol. The molecule has 0 aromatic heterocycles. The second kappa shape index (κ2) is 4.81. The van der Waals surface area contributed by atoms with Crippen LogP contribution in [0.4, 0.5) is 0 Å². The summed E-state index contributed by atoms with van der Waals surface area (Å²) in [6.45, 7) is 0. The van der Waals surface area contributed by atoms with Gasteiger partial charge in [-0.15, -0.1) is 0 Å². The number of hydrogen-bond acceptors (Lipinski definition) is 9. The SMILES string of the molecule is O=C(c1cc(O)cc(O)c1O)c1c(O)c(O)c(O)c(O)c1O. The van der Waals surface area contributed by atoms with Gasteiger partial charge in [-0.3, -0.25) is 4.79 Å². The molecule has 0 atom stereocenters. The van der Waals surface area contributed by atoms with Gasteiger partial charge in [-0.1, -0.05) is 0 Å². The number of ketones is 1. The molecule has 2 aromatic carbocycles. The summed E-state index contributed by atoms with van der Waals surface area (Å²) in [6, 6.07) is 1.45. The van der Waals surface area contributed by atoms with Gasteiger partial charge in [0, 0.05) is 6.07 Å². The van der Waals surface area contributed by atoms with E-state index in [0.717, 1.165) is 12.1 Å². The normalized spacial score (nSPS) is 10.5. The summed E-state index contributed by atoms with van der Waals surface area (Å²) in [7, 11) is 0. The molecular weight excluding hydrogens is 300 g/mol. The summed E-state index contributed by atoms with van der Waals surface area (Å²) in [4.78, 5) is 12.2. The highest BCUT2D eigenvalue weighted by atomic mass is 16.4. The van der Waals surface area contributed by atoms with Crippen molar-refractivity contribution in [2.75, 3.05) is 0 Å². The number of hydrogen-bond donors (Lipinski definition) is 8. The Morgan fingerprint density at radius 1 is 0.636 bits per heavy atom. The smallest absolute Gasteiger partial charge is 0.208 e. The van der Waals surface area contributed by atoms with Gasteiger partial charge in [0.2, 0.25) is 23.0 Å². The van der Waals surface area contributed by atoms with Gasteiger partial charge in [0.1, 0.15) is 11.3 Å². The second-order valence-electron chi connectivity index (χ2n) is 4.31. The minimum absolute atomic E-state index is 0.607. The maximum absolute atomic E-state index is 12.2. The topological polar surface area (TPSA) is 179 Å². The van der Waals surface area contributed by atoms with E-state index in [9.17, 15) is 45.6 Å². The first-order valence-corrected chi connectivity index (χ1v) is 5.65. The zero-order valence-corrected chi connectivity index (χ0v) is 10.6. The van der Waals surface area contributed by atoms with Gasteiger partial charge >= 0.3 is 0 Å². The van der Waals surface area contributed by atoms with Crippen molar-refractivity contribution in [3.05, 3.63) is 23.3 Å². The number of aromatic hydroxyl groups is 8. The van der Waals surface area contributed by atoms with E-state index in [1.165, 1.54) is 0 Å². The maximum Gasteiger partial charge on any atom is 0.208 e. The van der Waals surface area contributed by atoms with Crippen LogP contribution in [0.5, 0.6) is 46.0 Å². The van der Waals surface area contributed by atoms with Crippen LogP contribution in [0.1, 0.15) is 15.9 Å².